The van der Waals surface area contributed by atoms with Crippen molar-refractivity contribution in [2.45, 2.75) is 27.3 Å². The molecule has 174 valence electrons. The Morgan fingerprint density at radius 3 is 2.55 bits per heavy atom. The lowest BCUT2D eigenvalue weighted by Gasteiger charge is -2.36. The van der Waals surface area contributed by atoms with E-state index in [-0.39, 0.29) is 12.5 Å². The number of aromatic nitrogens is 3. The summed E-state index contributed by atoms with van der Waals surface area (Å²) in [7, 11) is 0. The highest BCUT2D eigenvalue weighted by Crippen LogP contribution is 2.31. The number of benzene rings is 1. The maximum Gasteiger partial charge on any atom is 0.244 e. The van der Waals surface area contributed by atoms with E-state index in [2.05, 4.69) is 15.0 Å². The van der Waals surface area contributed by atoms with Gasteiger partial charge in [-0.05, 0) is 45.0 Å². The SMILES string of the molecule is CCOc1cc(N2CCN(C(=O)Cn3nc(-c4ccnc(C)c4)c(Cl)c3C)CC2)ccc1Cl. The first kappa shape index (κ1) is 23.4. The van der Waals surface area contributed by atoms with Crippen molar-refractivity contribution < 1.29 is 9.53 Å². The number of hydrogen-bond donors (Lipinski definition) is 0. The Morgan fingerprint density at radius 2 is 1.85 bits per heavy atom. The van der Waals surface area contributed by atoms with Gasteiger partial charge in [-0.15, -0.1) is 0 Å². The zero-order chi connectivity index (χ0) is 23.5. The molecule has 0 bridgehead atoms. The van der Waals surface area contributed by atoms with Gasteiger partial charge in [0.05, 0.1) is 22.3 Å². The molecule has 0 spiro atoms. The summed E-state index contributed by atoms with van der Waals surface area (Å²) in [6.45, 7) is 9.20. The summed E-state index contributed by atoms with van der Waals surface area (Å²) in [6, 6.07) is 9.61. The first-order valence-corrected chi connectivity index (χ1v) is 11.7. The predicted molar refractivity (Wildman–Crippen MR) is 131 cm³/mol. The van der Waals surface area contributed by atoms with Crippen LogP contribution in [0.4, 0.5) is 5.69 Å². The molecule has 7 nitrogen and oxygen atoms in total. The summed E-state index contributed by atoms with van der Waals surface area (Å²) in [4.78, 5) is 21.4. The number of piperazine rings is 1. The van der Waals surface area contributed by atoms with Crippen molar-refractivity contribution in [2.75, 3.05) is 37.7 Å². The third kappa shape index (κ3) is 5.09. The summed E-state index contributed by atoms with van der Waals surface area (Å²) in [6.07, 6.45) is 1.73. The average Bonchev–Trinajstić information content (AvgIpc) is 3.09. The van der Waals surface area contributed by atoms with Crippen molar-refractivity contribution >= 4 is 34.8 Å². The lowest BCUT2D eigenvalue weighted by molar-refractivity contribution is -0.132. The highest BCUT2D eigenvalue weighted by Gasteiger charge is 2.24. The number of pyridine rings is 1. The second-order valence-electron chi connectivity index (χ2n) is 8.01. The molecule has 9 heteroatoms. The van der Waals surface area contributed by atoms with Gasteiger partial charge in [-0.1, -0.05) is 23.2 Å². The summed E-state index contributed by atoms with van der Waals surface area (Å²) >= 11 is 12.8. The minimum absolute atomic E-state index is 0.0282. The quantitative estimate of drug-likeness (QED) is 0.507. The van der Waals surface area contributed by atoms with E-state index >= 15 is 0 Å². The molecule has 1 fully saturated rings. The number of hydrogen-bond acceptors (Lipinski definition) is 5. The molecule has 1 saturated heterocycles. The number of carbonyl (C=O) groups is 1. The van der Waals surface area contributed by atoms with Gasteiger partial charge in [0.25, 0.3) is 0 Å². The first-order valence-electron chi connectivity index (χ1n) is 11.0. The van der Waals surface area contributed by atoms with Crippen molar-refractivity contribution in [1.82, 2.24) is 19.7 Å². The topological polar surface area (TPSA) is 63.5 Å². The fourth-order valence-electron chi connectivity index (χ4n) is 3.95. The minimum atomic E-state index is 0.0282. The Labute approximate surface area is 203 Å². The third-order valence-electron chi connectivity index (χ3n) is 5.80. The van der Waals surface area contributed by atoms with Crippen molar-refractivity contribution in [3.63, 3.8) is 0 Å². The molecule has 1 aromatic carbocycles. The fourth-order valence-corrected chi connectivity index (χ4v) is 4.37. The van der Waals surface area contributed by atoms with Crippen LogP contribution in [-0.2, 0) is 11.3 Å². The van der Waals surface area contributed by atoms with Gasteiger partial charge >= 0.3 is 0 Å². The number of nitrogens with zero attached hydrogens (tertiary/aromatic N) is 5. The molecule has 0 saturated carbocycles. The summed E-state index contributed by atoms with van der Waals surface area (Å²) < 4.78 is 7.30. The molecule has 4 rings (SSSR count). The third-order valence-corrected chi connectivity index (χ3v) is 6.57. The van der Waals surface area contributed by atoms with Gasteiger partial charge in [0.15, 0.2) is 0 Å². The zero-order valence-corrected chi connectivity index (χ0v) is 20.5. The Kier molecular flexibility index (Phi) is 7.10. The van der Waals surface area contributed by atoms with Crippen molar-refractivity contribution in [2.24, 2.45) is 0 Å². The number of ether oxygens (including phenoxy) is 1. The van der Waals surface area contributed by atoms with Crippen LogP contribution >= 0.6 is 23.2 Å². The highest BCUT2D eigenvalue weighted by molar-refractivity contribution is 6.33. The maximum absolute atomic E-state index is 13.0. The van der Waals surface area contributed by atoms with Crippen LogP contribution in [0.3, 0.4) is 0 Å². The molecule has 0 aliphatic carbocycles. The lowest BCUT2D eigenvalue weighted by atomic mass is 10.1. The Hall–Kier alpha value is -2.77. The fraction of sp³-hybridized carbons (Fsp3) is 0.375. The van der Waals surface area contributed by atoms with Crippen molar-refractivity contribution in [3.05, 3.63) is 58.0 Å². The lowest BCUT2D eigenvalue weighted by Crippen LogP contribution is -2.49. The van der Waals surface area contributed by atoms with E-state index in [1.807, 2.05) is 56.0 Å². The van der Waals surface area contributed by atoms with Crippen LogP contribution in [0.2, 0.25) is 10.0 Å². The van der Waals surface area contributed by atoms with Gasteiger partial charge in [-0.3, -0.25) is 14.5 Å². The van der Waals surface area contributed by atoms with E-state index in [4.69, 9.17) is 27.9 Å². The molecule has 1 aliphatic rings. The number of amides is 1. The van der Waals surface area contributed by atoms with Crippen LogP contribution in [0.5, 0.6) is 5.75 Å². The molecule has 1 aliphatic heterocycles. The molecule has 3 heterocycles. The van der Waals surface area contributed by atoms with E-state index in [0.717, 1.165) is 35.7 Å². The minimum Gasteiger partial charge on any atom is -0.492 e. The summed E-state index contributed by atoms with van der Waals surface area (Å²) in [5.74, 6) is 0.710. The van der Waals surface area contributed by atoms with Crippen LogP contribution < -0.4 is 9.64 Å². The van der Waals surface area contributed by atoms with Crippen LogP contribution in [0.1, 0.15) is 18.3 Å². The molecule has 0 N–H and O–H groups in total. The van der Waals surface area contributed by atoms with Gasteiger partial charge in [-0.25, -0.2) is 0 Å². The van der Waals surface area contributed by atoms with Crippen LogP contribution in [0.25, 0.3) is 11.3 Å². The van der Waals surface area contributed by atoms with Gasteiger partial charge < -0.3 is 14.5 Å². The zero-order valence-electron chi connectivity index (χ0n) is 19.0. The number of anilines is 1. The van der Waals surface area contributed by atoms with Gasteiger partial charge in [0.2, 0.25) is 5.91 Å². The van der Waals surface area contributed by atoms with Gasteiger partial charge in [0.1, 0.15) is 18.0 Å². The second-order valence-corrected chi connectivity index (χ2v) is 8.79. The first-order chi connectivity index (χ1) is 15.9. The number of halogens is 2. The molecule has 0 unspecified atom stereocenters. The molecule has 33 heavy (non-hydrogen) atoms. The Morgan fingerprint density at radius 1 is 1.09 bits per heavy atom. The smallest absolute Gasteiger partial charge is 0.244 e. The largest absolute Gasteiger partial charge is 0.492 e. The number of rotatable bonds is 6. The molecule has 1 amide bonds. The molecule has 2 aromatic heterocycles. The molecule has 3 aromatic rings. The standard InChI is InChI=1S/C24H27Cl2N5O2/c1-4-33-21-14-19(5-6-20(21)25)29-9-11-30(12-10-29)22(32)15-31-17(3)23(26)24(28-31)18-7-8-27-16(2)13-18/h5-8,13-14H,4,9-12,15H2,1-3H3. The van der Waals surface area contributed by atoms with E-state index in [9.17, 15) is 4.79 Å². The van der Waals surface area contributed by atoms with Crippen molar-refractivity contribution in [3.8, 4) is 17.0 Å². The predicted octanol–water partition coefficient (Wildman–Crippen LogP) is 4.62. The van der Waals surface area contributed by atoms with E-state index in [1.165, 1.54) is 0 Å². The van der Waals surface area contributed by atoms with E-state index in [0.29, 0.717) is 41.2 Å². The average molecular weight is 488 g/mol. The molecular formula is C24H27Cl2N5O2. The maximum atomic E-state index is 13.0. The van der Waals surface area contributed by atoms with E-state index in [1.54, 1.807) is 10.9 Å². The molecular weight excluding hydrogens is 461 g/mol. The Balaban J connectivity index is 1.41. The molecule has 0 radical (unpaired) electrons. The Bertz CT molecular complexity index is 1160. The summed E-state index contributed by atoms with van der Waals surface area (Å²) in [5, 5.41) is 5.79. The van der Waals surface area contributed by atoms with Crippen LogP contribution in [-0.4, -0.2) is 58.4 Å². The summed E-state index contributed by atoms with van der Waals surface area (Å²) in [5.41, 5.74) is 4.27. The van der Waals surface area contributed by atoms with Gasteiger partial charge in [-0.2, -0.15) is 5.10 Å². The van der Waals surface area contributed by atoms with Gasteiger partial charge in [0, 0.05) is 55.4 Å². The van der Waals surface area contributed by atoms with Crippen molar-refractivity contribution in [1.29, 1.82) is 0 Å². The second kappa shape index (κ2) is 10.0. The highest BCUT2D eigenvalue weighted by atomic mass is 35.5. The van der Waals surface area contributed by atoms with Crippen LogP contribution in [0.15, 0.2) is 36.5 Å². The number of carbonyl (C=O) groups excluding carboxylic acids is 1. The van der Waals surface area contributed by atoms with Crippen LogP contribution in [0, 0.1) is 13.8 Å². The number of aryl methyl sites for hydroxylation is 1. The van der Waals surface area contributed by atoms with E-state index < -0.39 is 0 Å². The normalized spacial score (nSPS) is 14.0. The monoisotopic (exact) mass is 487 g/mol. The molecule has 0 atom stereocenters.